The number of benzene rings is 3. The fourth-order valence-electron chi connectivity index (χ4n) is 4.02. The van der Waals surface area contributed by atoms with Crippen LogP contribution < -0.4 is 5.36 Å². The van der Waals surface area contributed by atoms with Crippen LogP contribution in [-0.2, 0) is 9.63 Å². The number of hydrogen-bond donors (Lipinski definition) is 0. The quantitative estimate of drug-likeness (QED) is 0.255. The summed E-state index contributed by atoms with van der Waals surface area (Å²) in [7, 11) is 0. The number of fused-ring (bicyclic) bond motifs is 3. The van der Waals surface area contributed by atoms with E-state index in [1.54, 1.807) is 0 Å². The smallest absolute Gasteiger partial charge is 0.318 e. The molecule has 0 amide bonds. The van der Waals surface area contributed by atoms with E-state index in [1.807, 2.05) is 79.9 Å². The van der Waals surface area contributed by atoms with Gasteiger partial charge in [-0.3, -0.25) is 4.79 Å². The average molecular weight is 394 g/mol. The zero-order chi connectivity index (χ0) is 20.8. The summed E-state index contributed by atoms with van der Waals surface area (Å²) in [6.45, 7) is 3.27. The maximum Gasteiger partial charge on any atom is 0.332 e. The van der Waals surface area contributed by atoms with Crippen molar-refractivity contribution in [3.63, 3.8) is 0 Å². The van der Waals surface area contributed by atoms with Gasteiger partial charge in [-0.15, -0.1) is 0 Å². The van der Waals surface area contributed by atoms with Gasteiger partial charge in [0.05, 0.1) is 11.0 Å². The van der Waals surface area contributed by atoms with Crippen molar-refractivity contribution in [2.45, 2.75) is 13.8 Å². The number of rotatable bonds is 3. The van der Waals surface area contributed by atoms with Crippen molar-refractivity contribution in [2.75, 3.05) is 0 Å². The van der Waals surface area contributed by atoms with Crippen LogP contribution in [0.25, 0.3) is 27.2 Å². The molecule has 0 saturated carbocycles. The Morgan fingerprint density at radius 3 is 2.50 bits per heavy atom. The van der Waals surface area contributed by atoms with Crippen LogP contribution in [-0.4, -0.2) is 16.2 Å². The Bertz CT molecular complexity index is 1530. The van der Waals surface area contributed by atoms with Crippen molar-refractivity contribution in [3.8, 4) is 0 Å². The summed E-state index contributed by atoms with van der Waals surface area (Å²) in [4.78, 5) is 29.1. The zero-order valence-corrected chi connectivity index (χ0v) is 16.5. The van der Waals surface area contributed by atoms with Gasteiger partial charge in [-0.2, -0.15) is 0 Å². The molecule has 2 heterocycles. The first kappa shape index (κ1) is 18.1. The zero-order valence-electron chi connectivity index (χ0n) is 16.5. The van der Waals surface area contributed by atoms with Crippen molar-refractivity contribution in [3.05, 3.63) is 95.0 Å². The lowest BCUT2D eigenvalue weighted by atomic mass is 9.98. The molecule has 0 fully saturated rings. The van der Waals surface area contributed by atoms with Gasteiger partial charge in [0.15, 0.2) is 5.78 Å². The van der Waals surface area contributed by atoms with Crippen molar-refractivity contribution in [2.24, 2.45) is 5.16 Å². The molecule has 146 valence electrons. The maximum atomic E-state index is 13.1. The monoisotopic (exact) mass is 394 g/mol. The molecule has 0 atom stereocenters. The first-order chi connectivity index (χ1) is 14.5. The van der Waals surface area contributed by atoms with Gasteiger partial charge in [0.1, 0.15) is 5.36 Å². The lowest BCUT2D eigenvalue weighted by Gasteiger charge is -2.05. The van der Waals surface area contributed by atoms with Gasteiger partial charge in [-0.05, 0) is 36.8 Å². The van der Waals surface area contributed by atoms with Crippen LogP contribution in [0.2, 0.25) is 0 Å². The molecule has 3 aromatic carbocycles. The van der Waals surface area contributed by atoms with Gasteiger partial charge in [0.25, 0.3) is 0 Å². The number of hydrogen-bond acceptors (Lipinski definition) is 4. The SMILES string of the molecule is CC(=O)O/N=c1\ccn2c3ccc(C(=O)c4ccccc4C)cc3c3cccc1c32. The Morgan fingerprint density at radius 2 is 1.70 bits per heavy atom. The van der Waals surface area contributed by atoms with E-state index < -0.39 is 5.97 Å². The van der Waals surface area contributed by atoms with E-state index in [9.17, 15) is 9.59 Å². The van der Waals surface area contributed by atoms with Crippen LogP contribution in [0.3, 0.4) is 0 Å². The molecule has 0 aliphatic rings. The molecule has 0 aliphatic carbocycles. The molecule has 0 unspecified atom stereocenters. The standard InChI is InChI=1S/C25H18N2O3/c1-15-6-3-4-7-18(15)25(29)17-10-11-23-21(14-17)19-8-5-9-20-22(26-30-16(2)28)12-13-27(23)24(19)20/h3-14H,1-2H3/b26-22+. The molecule has 0 aliphatic heterocycles. The highest BCUT2D eigenvalue weighted by molar-refractivity contribution is 6.17. The molecule has 0 radical (unpaired) electrons. The Morgan fingerprint density at radius 1 is 0.900 bits per heavy atom. The van der Waals surface area contributed by atoms with E-state index in [0.717, 1.165) is 32.8 Å². The summed E-state index contributed by atoms with van der Waals surface area (Å²) >= 11 is 0. The molecule has 5 rings (SSSR count). The van der Waals surface area contributed by atoms with E-state index >= 15 is 0 Å². The molecule has 30 heavy (non-hydrogen) atoms. The highest BCUT2D eigenvalue weighted by Gasteiger charge is 2.16. The summed E-state index contributed by atoms with van der Waals surface area (Å²) < 4.78 is 2.08. The average Bonchev–Trinajstić information content (AvgIpc) is 3.08. The first-order valence-corrected chi connectivity index (χ1v) is 9.66. The van der Waals surface area contributed by atoms with E-state index in [1.165, 1.54) is 6.92 Å². The number of aromatic nitrogens is 1. The van der Waals surface area contributed by atoms with Gasteiger partial charge in [-0.25, -0.2) is 4.79 Å². The lowest BCUT2D eigenvalue weighted by Crippen LogP contribution is -2.07. The number of para-hydroxylation sites is 1. The summed E-state index contributed by atoms with van der Waals surface area (Å²) in [6, 6.07) is 21.2. The fraction of sp³-hybridized carbons (Fsp3) is 0.0800. The normalized spacial score (nSPS) is 12.1. The summed E-state index contributed by atoms with van der Waals surface area (Å²) in [5.74, 6) is -0.455. The van der Waals surface area contributed by atoms with Crippen molar-refractivity contribution < 1.29 is 14.4 Å². The van der Waals surface area contributed by atoms with Gasteiger partial charge < -0.3 is 9.24 Å². The molecule has 0 bridgehead atoms. The lowest BCUT2D eigenvalue weighted by molar-refractivity contribution is -0.141. The molecule has 2 aromatic heterocycles. The third kappa shape index (κ3) is 2.75. The molecular formula is C25H18N2O3. The first-order valence-electron chi connectivity index (χ1n) is 9.66. The maximum absolute atomic E-state index is 13.1. The molecule has 0 spiro atoms. The molecule has 5 aromatic rings. The highest BCUT2D eigenvalue weighted by Crippen LogP contribution is 2.31. The second kappa shape index (κ2) is 6.81. The van der Waals surface area contributed by atoms with Crippen LogP contribution in [0, 0.1) is 6.92 Å². The van der Waals surface area contributed by atoms with Gasteiger partial charge in [0.2, 0.25) is 0 Å². The third-order valence-electron chi connectivity index (χ3n) is 5.41. The third-order valence-corrected chi connectivity index (χ3v) is 5.41. The predicted octanol–water partition coefficient (Wildman–Crippen LogP) is 4.60. The van der Waals surface area contributed by atoms with E-state index in [0.29, 0.717) is 16.5 Å². The number of pyridine rings is 1. The molecule has 0 N–H and O–H groups in total. The summed E-state index contributed by atoms with van der Waals surface area (Å²) in [6.07, 6.45) is 1.91. The van der Waals surface area contributed by atoms with Crippen LogP contribution in [0.1, 0.15) is 28.4 Å². The Balaban J connectivity index is 1.76. The van der Waals surface area contributed by atoms with E-state index in [2.05, 4.69) is 9.56 Å². The summed E-state index contributed by atoms with van der Waals surface area (Å²) in [5.41, 5.74) is 4.29. The Kier molecular flexibility index (Phi) is 4.10. The van der Waals surface area contributed by atoms with Crippen molar-refractivity contribution in [1.29, 1.82) is 0 Å². The van der Waals surface area contributed by atoms with Crippen molar-refractivity contribution in [1.82, 2.24) is 4.40 Å². The van der Waals surface area contributed by atoms with E-state index in [-0.39, 0.29) is 5.78 Å². The van der Waals surface area contributed by atoms with Gasteiger partial charge in [-0.1, -0.05) is 47.6 Å². The van der Waals surface area contributed by atoms with Crippen LogP contribution in [0.15, 0.2) is 78.1 Å². The second-order valence-electron chi connectivity index (χ2n) is 7.32. The van der Waals surface area contributed by atoms with E-state index in [4.69, 9.17) is 4.84 Å². The minimum Gasteiger partial charge on any atom is -0.318 e. The molecular weight excluding hydrogens is 376 g/mol. The van der Waals surface area contributed by atoms with Crippen LogP contribution in [0.5, 0.6) is 0 Å². The van der Waals surface area contributed by atoms with Crippen LogP contribution >= 0.6 is 0 Å². The largest absolute Gasteiger partial charge is 0.332 e. The second-order valence-corrected chi connectivity index (χ2v) is 7.32. The molecule has 5 heteroatoms. The van der Waals surface area contributed by atoms with Gasteiger partial charge >= 0.3 is 5.97 Å². The number of nitrogens with zero attached hydrogens (tertiary/aromatic N) is 2. The minimum absolute atomic E-state index is 0.00887. The minimum atomic E-state index is -0.464. The number of carbonyl (C=O) groups excluding carboxylic acids is 2. The Hall–Kier alpha value is -3.99. The fourth-order valence-corrected chi connectivity index (χ4v) is 4.02. The number of carbonyl (C=O) groups is 2. The molecule has 0 saturated heterocycles. The van der Waals surface area contributed by atoms with Crippen molar-refractivity contribution >= 4 is 38.9 Å². The predicted molar refractivity (Wildman–Crippen MR) is 116 cm³/mol. The Labute approximate surface area is 172 Å². The summed E-state index contributed by atoms with van der Waals surface area (Å²) in [5, 5.41) is 7.45. The molecule has 5 nitrogen and oxygen atoms in total. The van der Waals surface area contributed by atoms with Crippen LogP contribution in [0.4, 0.5) is 0 Å². The van der Waals surface area contributed by atoms with Gasteiger partial charge in [0, 0.05) is 40.4 Å². The number of aryl methyl sites for hydroxylation is 1. The number of ketones is 1. The highest BCUT2D eigenvalue weighted by atomic mass is 16.7. The topological polar surface area (TPSA) is 60.1 Å².